The van der Waals surface area contributed by atoms with E-state index in [2.05, 4.69) is 4.98 Å². The predicted octanol–water partition coefficient (Wildman–Crippen LogP) is 1.52. The molecule has 0 aromatic carbocycles. The van der Waals surface area contributed by atoms with Crippen LogP contribution in [0, 0.1) is 6.92 Å². The molecule has 2 aromatic heterocycles. The quantitative estimate of drug-likeness (QED) is 0.739. The lowest BCUT2D eigenvalue weighted by atomic mass is 10.2. The van der Waals surface area contributed by atoms with E-state index in [1.807, 2.05) is 27.7 Å². The molecule has 0 N–H and O–H groups in total. The highest BCUT2D eigenvalue weighted by Gasteiger charge is 2.27. The fourth-order valence-corrected chi connectivity index (χ4v) is 3.42. The molecule has 8 nitrogen and oxygen atoms in total. The number of hydrogen-bond acceptors (Lipinski definition) is 6. The minimum atomic E-state index is -0.808. The van der Waals surface area contributed by atoms with E-state index in [1.54, 1.807) is 21.6 Å². The summed E-state index contributed by atoms with van der Waals surface area (Å²) in [5.74, 6) is -1.11. The van der Waals surface area contributed by atoms with Crippen molar-refractivity contribution in [3.05, 3.63) is 39.8 Å². The maximum Gasteiger partial charge on any atom is 0.344 e. The van der Waals surface area contributed by atoms with Gasteiger partial charge < -0.3 is 18.9 Å². The van der Waals surface area contributed by atoms with Gasteiger partial charge in [-0.25, -0.2) is 9.78 Å². The Labute approximate surface area is 163 Å². The second kappa shape index (κ2) is 8.10. The Morgan fingerprint density at radius 2 is 1.93 bits per heavy atom. The number of amides is 1. The molecule has 28 heavy (non-hydrogen) atoms. The summed E-state index contributed by atoms with van der Waals surface area (Å²) in [4.78, 5) is 43.6. The number of aryl methyl sites for hydroxylation is 2. The van der Waals surface area contributed by atoms with Gasteiger partial charge in [-0.05, 0) is 39.8 Å². The van der Waals surface area contributed by atoms with Crippen molar-refractivity contribution in [3.8, 4) is 0 Å². The summed E-state index contributed by atoms with van der Waals surface area (Å²) in [5.41, 5.74) is 0.759. The highest BCUT2D eigenvalue weighted by molar-refractivity contribution is 5.94. The van der Waals surface area contributed by atoms with Crippen LogP contribution in [0.3, 0.4) is 0 Å². The first kappa shape index (κ1) is 20.0. The molecular weight excluding hydrogens is 362 g/mol. The molecule has 1 aliphatic rings. The Kier molecular flexibility index (Phi) is 5.79. The van der Waals surface area contributed by atoms with E-state index in [9.17, 15) is 14.4 Å². The Balaban J connectivity index is 1.78. The van der Waals surface area contributed by atoms with E-state index in [0.29, 0.717) is 30.7 Å². The smallest absolute Gasteiger partial charge is 0.344 e. The highest BCUT2D eigenvalue weighted by atomic mass is 16.5. The molecule has 1 amide bonds. The van der Waals surface area contributed by atoms with Gasteiger partial charge in [0.1, 0.15) is 11.2 Å². The van der Waals surface area contributed by atoms with E-state index >= 15 is 0 Å². The normalized spacial score (nSPS) is 19.6. The minimum absolute atomic E-state index is 0.0726. The lowest BCUT2D eigenvalue weighted by Crippen LogP contribution is -2.49. The van der Waals surface area contributed by atoms with Crippen molar-refractivity contribution in [2.24, 2.45) is 0 Å². The van der Waals surface area contributed by atoms with Crippen LogP contribution in [-0.2, 0) is 20.8 Å². The lowest BCUT2D eigenvalue weighted by molar-refractivity contribution is -0.146. The van der Waals surface area contributed by atoms with Gasteiger partial charge in [0, 0.05) is 31.5 Å². The van der Waals surface area contributed by atoms with Crippen LogP contribution in [0.5, 0.6) is 0 Å². The molecule has 1 aliphatic heterocycles. The van der Waals surface area contributed by atoms with Crippen LogP contribution in [0.4, 0.5) is 0 Å². The minimum Gasteiger partial charge on any atom is -0.452 e. The zero-order chi connectivity index (χ0) is 20.4. The number of pyridine rings is 2. The molecule has 0 aliphatic carbocycles. The van der Waals surface area contributed by atoms with Crippen molar-refractivity contribution in [3.63, 3.8) is 0 Å². The van der Waals surface area contributed by atoms with Crippen molar-refractivity contribution < 1.29 is 19.1 Å². The molecule has 3 rings (SSSR count). The second-order valence-corrected chi connectivity index (χ2v) is 7.11. The molecule has 8 heteroatoms. The van der Waals surface area contributed by atoms with E-state index < -0.39 is 18.0 Å². The summed E-state index contributed by atoms with van der Waals surface area (Å²) < 4.78 is 12.5. The van der Waals surface area contributed by atoms with Crippen LogP contribution in [0.1, 0.15) is 36.8 Å². The first-order valence-corrected chi connectivity index (χ1v) is 9.41. The van der Waals surface area contributed by atoms with Gasteiger partial charge in [0.2, 0.25) is 5.43 Å². The molecule has 0 radical (unpaired) electrons. The van der Waals surface area contributed by atoms with Crippen molar-refractivity contribution in [2.75, 3.05) is 19.7 Å². The molecule has 0 spiro atoms. The van der Waals surface area contributed by atoms with Crippen LogP contribution in [0.15, 0.2) is 23.1 Å². The Bertz CT molecular complexity index is 958. The molecule has 1 saturated heterocycles. The van der Waals surface area contributed by atoms with Gasteiger partial charge in [0.25, 0.3) is 5.91 Å². The maximum atomic E-state index is 12.7. The zero-order valence-corrected chi connectivity index (χ0v) is 16.6. The van der Waals surface area contributed by atoms with E-state index in [0.717, 1.165) is 5.69 Å². The second-order valence-electron chi connectivity index (χ2n) is 7.11. The average Bonchev–Trinajstić information content (AvgIpc) is 2.65. The van der Waals surface area contributed by atoms with Gasteiger partial charge in [-0.1, -0.05) is 0 Å². The number of esters is 1. The number of rotatable bonds is 4. The van der Waals surface area contributed by atoms with Crippen molar-refractivity contribution in [2.45, 2.75) is 46.4 Å². The van der Waals surface area contributed by atoms with Gasteiger partial charge >= 0.3 is 5.97 Å². The molecule has 0 saturated carbocycles. The summed E-state index contributed by atoms with van der Waals surface area (Å²) in [7, 11) is 0. The van der Waals surface area contributed by atoms with Crippen LogP contribution in [-0.4, -0.2) is 58.2 Å². The molecule has 2 unspecified atom stereocenters. The Morgan fingerprint density at radius 3 is 2.57 bits per heavy atom. The summed E-state index contributed by atoms with van der Waals surface area (Å²) in [6.45, 7) is 8.54. The van der Waals surface area contributed by atoms with Gasteiger partial charge in [-0.3, -0.25) is 9.59 Å². The van der Waals surface area contributed by atoms with Crippen LogP contribution in [0.2, 0.25) is 0 Å². The standard InChI is InChI=1S/C20H25N3O5/c1-5-22-10-16(18(25)15-7-6-12(2)21-19(15)22)20(26)27-11-17(24)23-8-13(3)28-14(4)9-23/h6-7,10,13-14H,5,8-9,11H2,1-4H3. The van der Waals surface area contributed by atoms with Crippen molar-refractivity contribution >= 4 is 22.9 Å². The molecule has 2 atom stereocenters. The SMILES string of the molecule is CCn1cc(C(=O)OCC(=O)N2CC(C)OC(C)C2)c(=O)c2ccc(C)nc21. The number of morpholine rings is 1. The Morgan fingerprint density at radius 1 is 1.25 bits per heavy atom. The summed E-state index contributed by atoms with van der Waals surface area (Å²) in [5, 5.41) is 0.351. The third kappa shape index (κ3) is 4.06. The molecule has 1 fully saturated rings. The number of fused-ring (bicyclic) bond motifs is 1. The van der Waals surface area contributed by atoms with Crippen molar-refractivity contribution in [1.29, 1.82) is 0 Å². The van der Waals surface area contributed by atoms with Crippen molar-refractivity contribution in [1.82, 2.24) is 14.5 Å². The molecule has 0 bridgehead atoms. The zero-order valence-electron chi connectivity index (χ0n) is 16.6. The first-order chi connectivity index (χ1) is 13.3. The molecule has 150 valence electrons. The summed E-state index contributed by atoms with van der Waals surface area (Å²) >= 11 is 0. The summed E-state index contributed by atoms with van der Waals surface area (Å²) in [6.07, 6.45) is 1.30. The molecule has 2 aromatic rings. The molecular formula is C20H25N3O5. The fourth-order valence-electron chi connectivity index (χ4n) is 3.42. The van der Waals surface area contributed by atoms with Crippen LogP contribution < -0.4 is 5.43 Å². The van der Waals surface area contributed by atoms with Gasteiger partial charge in [0.15, 0.2) is 6.61 Å². The third-order valence-electron chi connectivity index (χ3n) is 4.72. The average molecular weight is 387 g/mol. The monoisotopic (exact) mass is 387 g/mol. The number of aromatic nitrogens is 2. The van der Waals surface area contributed by atoms with E-state index in [4.69, 9.17) is 9.47 Å². The largest absolute Gasteiger partial charge is 0.452 e. The van der Waals surface area contributed by atoms with Gasteiger partial charge in [-0.15, -0.1) is 0 Å². The van der Waals surface area contributed by atoms with Crippen LogP contribution >= 0.6 is 0 Å². The van der Waals surface area contributed by atoms with Gasteiger partial charge in [0.05, 0.1) is 17.6 Å². The third-order valence-corrected chi connectivity index (χ3v) is 4.72. The Hall–Kier alpha value is -2.74. The topological polar surface area (TPSA) is 90.7 Å². The van der Waals surface area contributed by atoms with Crippen LogP contribution in [0.25, 0.3) is 11.0 Å². The fraction of sp³-hybridized carbons (Fsp3) is 0.500. The van der Waals surface area contributed by atoms with E-state index in [-0.39, 0.29) is 23.7 Å². The van der Waals surface area contributed by atoms with Gasteiger partial charge in [-0.2, -0.15) is 0 Å². The first-order valence-electron chi connectivity index (χ1n) is 9.41. The number of carbonyl (C=O) groups is 2. The summed E-state index contributed by atoms with van der Waals surface area (Å²) in [6, 6.07) is 3.38. The van der Waals surface area contributed by atoms with E-state index in [1.165, 1.54) is 6.20 Å². The number of carbonyl (C=O) groups excluding carboxylic acids is 2. The predicted molar refractivity (Wildman–Crippen MR) is 103 cm³/mol. The number of nitrogens with zero attached hydrogens (tertiary/aromatic N) is 3. The highest BCUT2D eigenvalue weighted by Crippen LogP contribution is 2.13. The molecule has 3 heterocycles. The number of ether oxygens (including phenoxy) is 2. The lowest BCUT2D eigenvalue weighted by Gasteiger charge is -2.35. The maximum absolute atomic E-state index is 12.7. The number of hydrogen-bond donors (Lipinski definition) is 0.